The summed E-state index contributed by atoms with van der Waals surface area (Å²) < 4.78 is 42.7. The Morgan fingerprint density at radius 1 is 1.38 bits per heavy atom. The van der Waals surface area contributed by atoms with Crippen molar-refractivity contribution in [3.05, 3.63) is 28.7 Å². The van der Waals surface area contributed by atoms with E-state index in [2.05, 4.69) is 5.32 Å². The highest BCUT2D eigenvalue weighted by Crippen LogP contribution is 2.38. The van der Waals surface area contributed by atoms with Crippen LogP contribution >= 0.6 is 11.8 Å². The molecule has 3 rings (SSSR count). The number of carbonyl (C=O) groups excluding carboxylic acids is 2. The first-order valence-corrected chi connectivity index (χ1v) is 8.62. The van der Waals surface area contributed by atoms with E-state index in [1.807, 2.05) is 4.90 Å². The van der Waals surface area contributed by atoms with Crippen LogP contribution in [0.3, 0.4) is 0 Å². The van der Waals surface area contributed by atoms with Gasteiger partial charge < -0.3 is 15.4 Å². The Bertz CT molecular complexity index is 767. The fourth-order valence-corrected chi connectivity index (χ4v) is 3.50. The number of rotatable bonds is 4. The molecule has 2 amide bonds. The minimum Gasteiger partial charge on any atom is -0.482 e. The van der Waals surface area contributed by atoms with Crippen LogP contribution in [0.15, 0.2) is 23.1 Å². The lowest BCUT2D eigenvalue weighted by atomic mass is 10.1. The summed E-state index contributed by atoms with van der Waals surface area (Å²) in [5, 5.41) is 1.66. The predicted octanol–water partition coefficient (Wildman–Crippen LogP) is 2.49. The van der Waals surface area contributed by atoms with Crippen molar-refractivity contribution in [1.82, 2.24) is 5.32 Å². The average molecular weight is 387 g/mol. The van der Waals surface area contributed by atoms with Gasteiger partial charge >= 0.3 is 6.18 Å². The molecule has 3 N–H and O–H groups in total. The summed E-state index contributed by atoms with van der Waals surface area (Å²) in [5.41, 5.74) is 6.85. The number of benzene rings is 1. The third kappa shape index (κ3) is 4.31. The molecule has 0 saturated carbocycles. The highest BCUT2D eigenvalue weighted by Gasteiger charge is 2.31. The number of nitrogens with zero attached hydrogens (tertiary/aromatic N) is 1. The van der Waals surface area contributed by atoms with Crippen LogP contribution < -0.4 is 20.7 Å². The van der Waals surface area contributed by atoms with Gasteiger partial charge in [-0.2, -0.15) is 13.2 Å². The SMILES string of the molecule is NC1CCN(c2c(C=C3SC(=O)NC3=O)cccc2OCC(F)(F)F)C1. The first kappa shape index (κ1) is 18.6. The number of imide groups is 1. The largest absolute Gasteiger partial charge is 0.482 e. The van der Waals surface area contributed by atoms with Crippen LogP contribution in [-0.4, -0.2) is 43.1 Å². The van der Waals surface area contributed by atoms with Gasteiger partial charge in [0.1, 0.15) is 5.75 Å². The van der Waals surface area contributed by atoms with Gasteiger partial charge in [0.2, 0.25) is 0 Å². The molecule has 0 radical (unpaired) electrons. The van der Waals surface area contributed by atoms with Crippen LogP contribution in [0, 0.1) is 0 Å². The molecular weight excluding hydrogens is 371 g/mol. The number of halogens is 3. The second-order valence-corrected chi connectivity index (χ2v) is 6.96. The van der Waals surface area contributed by atoms with E-state index in [1.165, 1.54) is 18.2 Å². The molecule has 0 bridgehead atoms. The zero-order valence-electron chi connectivity index (χ0n) is 13.5. The summed E-state index contributed by atoms with van der Waals surface area (Å²) in [4.78, 5) is 25.1. The van der Waals surface area contributed by atoms with E-state index in [4.69, 9.17) is 10.5 Å². The second-order valence-electron chi connectivity index (χ2n) is 5.94. The Hall–Kier alpha value is -2.20. The number of anilines is 1. The highest BCUT2D eigenvalue weighted by atomic mass is 32.2. The van der Waals surface area contributed by atoms with Crippen molar-refractivity contribution in [1.29, 1.82) is 0 Å². The number of hydrogen-bond acceptors (Lipinski definition) is 6. The molecule has 1 atom stereocenters. The Morgan fingerprint density at radius 2 is 2.15 bits per heavy atom. The maximum Gasteiger partial charge on any atom is 0.422 e. The van der Waals surface area contributed by atoms with Gasteiger partial charge in [0.25, 0.3) is 11.1 Å². The molecule has 2 aliphatic rings. The molecule has 2 saturated heterocycles. The van der Waals surface area contributed by atoms with E-state index in [0.717, 1.165) is 11.8 Å². The number of alkyl halides is 3. The molecule has 6 nitrogen and oxygen atoms in total. The highest BCUT2D eigenvalue weighted by molar-refractivity contribution is 8.18. The Morgan fingerprint density at radius 3 is 2.73 bits per heavy atom. The van der Waals surface area contributed by atoms with Gasteiger partial charge in [-0.25, -0.2) is 0 Å². The number of ether oxygens (including phenoxy) is 1. The molecule has 10 heteroatoms. The molecule has 0 aromatic heterocycles. The molecule has 2 fully saturated rings. The van der Waals surface area contributed by atoms with Crippen LogP contribution in [-0.2, 0) is 4.79 Å². The average Bonchev–Trinajstić information content (AvgIpc) is 3.10. The van der Waals surface area contributed by atoms with Gasteiger partial charge in [0.05, 0.1) is 10.6 Å². The Labute approximate surface area is 151 Å². The van der Waals surface area contributed by atoms with E-state index in [-0.39, 0.29) is 16.7 Å². The topological polar surface area (TPSA) is 84.7 Å². The number of nitrogens with two attached hydrogens (primary N) is 1. The van der Waals surface area contributed by atoms with E-state index >= 15 is 0 Å². The van der Waals surface area contributed by atoms with Gasteiger partial charge in [-0.15, -0.1) is 0 Å². The summed E-state index contributed by atoms with van der Waals surface area (Å²) >= 11 is 0.741. The summed E-state index contributed by atoms with van der Waals surface area (Å²) in [6.07, 6.45) is -2.30. The maximum atomic E-state index is 12.6. The number of hydrogen-bond donors (Lipinski definition) is 2. The summed E-state index contributed by atoms with van der Waals surface area (Å²) in [6.45, 7) is -0.406. The van der Waals surface area contributed by atoms with Gasteiger partial charge in [-0.05, 0) is 30.3 Å². The lowest BCUT2D eigenvalue weighted by Crippen LogP contribution is -2.28. The van der Waals surface area contributed by atoms with Crippen molar-refractivity contribution in [3.63, 3.8) is 0 Å². The van der Waals surface area contributed by atoms with E-state index in [0.29, 0.717) is 30.8 Å². The normalized spacial score (nSPS) is 22.2. The Kier molecular flexibility index (Phi) is 5.15. The van der Waals surface area contributed by atoms with Crippen molar-refractivity contribution in [2.75, 3.05) is 24.6 Å². The first-order valence-electron chi connectivity index (χ1n) is 7.81. The number of nitrogens with one attached hydrogen (secondary N) is 1. The van der Waals surface area contributed by atoms with Crippen molar-refractivity contribution in [2.45, 2.75) is 18.6 Å². The van der Waals surface area contributed by atoms with Gasteiger partial charge in [-0.3, -0.25) is 14.9 Å². The van der Waals surface area contributed by atoms with Gasteiger partial charge in [0, 0.05) is 24.7 Å². The number of carbonyl (C=O) groups is 2. The summed E-state index contributed by atoms with van der Waals surface area (Å²) in [5.74, 6) is -0.480. The second kappa shape index (κ2) is 7.20. The first-order chi connectivity index (χ1) is 12.2. The third-order valence-corrected chi connectivity index (χ3v) is 4.70. The van der Waals surface area contributed by atoms with Crippen LogP contribution in [0.5, 0.6) is 5.75 Å². The fraction of sp³-hybridized carbons (Fsp3) is 0.375. The minimum absolute atomic E-state index is 0.0560. The number of thioether (sulfide) groups is 1. The molecule has 1 unspecified atom stereocenters. The minimum atomic E-state index is -4.47. The molecule has 0 spiro atoms. The lowest BCUT2D eigenvalue weighted by molar-refractivity contribution is -0.153. The summed E-state index contributed by atoms with van der Waals surface area (Å²) in [6, 6.07) is 4.54. The van der Waals surface area contributed by atoms with Crippen LogP contribution in [0.25, 0.3) is 6.08 Å². The molecule has 1 aromatic carbocycles. The van der Waals surface area contributed by atoms with Crippen LogP contribution in [0.4, 0.5) is 23.7 Å². The Balaban J connectivity index is 1.99. The van der Waals surface area contributed by atoms with Gasteiger partial charge in [-0.1, -0.05) is 12.1 Å². The predicted molar refractivity (Wildman–Crippen MR) is 91.9 cm³/mol. The quantitative estimate of drug-likeness (QED) is 0.773. The smallest absolute Gasteiger partial charge is 0.422 e. The van der Waals surface area contributed by atoms with Gasteiger partial charge in [0.15, 0.2) is 6.61 Å². The third-order valence-electron chi connectivity index (χ3n) is 3.89. The summed E-state index contributed by atoms with van der Waals surface area (Å²) in [7, 11) is 0. The lowest BCUT2D eigenvalue weighted by Gasteiger charge is -2.24. The van der Waals surface area contributed by atoms with Crippen LogP contribution in [0.1, 0.15) is 12.0 Å². The molecule has 2 heterocycles. The van der Waals surface area contributed by atoms with Crippen molar-refractivity contribution in [2.24, 2.45) is 5.73 Å². The fourth-order valence-electron chi connectivity index (χ4n) is 2.82. The maximum absolute atomic E-state index is 12.6. The van der Waals surface area contributed by atoms with Crippen molar-refractivity contribution in [3.8, 4) is 5.75 Å². The number of para-hydroxylation sites is 1. The van der Waals surface area contributed by atoms with E-state index in [9.17, 15) is 22.8 Å². The van der Waals surface area contributed by atoms with E-state index < -0.39 is 23.9 Å². The molecule has 1 aromatic rings. The molecule has 140 valence electrons. The molecule has 2 aliphatic heterocycles. The van der Waals surface area contributed by atoms with Crippen LogP contribution in [0.2, 0.25) is 0 Å². The zero-order chi connectivity index (χ0) is 18.9. The zero-order valence-corrected chi connectivity index (χ0v) is 14.3. The van der Waals surface area contributed by atoms with Crippen molar-refractivity contribution >= 4 is 34.7 Å². The van der Waals surface area contributed by atoms with E-state index in [1.54, 1.807) is 6.07 Å². The molecular formula is C16H16F3N3O3S. The number of amides is 2. The van der Waals surface area contributed by atoms with Crippen molar-refractivity contribution < 1.29 is 27.5 Å². The molecule has 26 heavy (non-hydrogen) atoms. The standard InChI is InChI=1S/C16H16F3N3O3S/c17-16(18,19)8-25-11-3-1-2-9(6-12-14(23)21-15(24)26-12)13(11)22-5-4-10(20)7-22/h1-3,6,10H,4-5,7-8,20H2,(H,21,23,24). The molecule has 0 aliphatic carbocycles. The monoisotopic (exact) mass is 387 g/mol.